The number of carbonyl (C=O) groups excluding carboxylic acids is 1. The largest absolute Gasteiger partial charge is 0.324 e. The van der Waals surface area contributed by atoms with Crippen LogP contribution < -0.4 is 5.73 Å². The van der Waals surface area contributed by atoms with Crippen LogP contribution in [0.3, 0.4) is 0 Å². The van der Waals surface area contributed by atoms with Crippen molar-refractivity contribution in [2.75, 3.05) is 6.54 Å². The Balaban J connectivity index is 0.000000671. The Morgan fingerprint density at radius 1 is 1.23 bits per heavy atom. The van der Waals surface area contributed by atoms with Crippen LogP contribution in [-0.4, -0.2) is 12.3 Å². The number of ketones is 1. The molecule has 1 aromatic carbocycles. The number of nitrogens with two attached hydrogens (primary N) is 1. The second-order valence-corrected chi connectivity index (χ2v) is 2.41. The monoisotopic (exact) mass is 179 g/mol. The zero-order chi connectivity index (χ0) is 10.1. The maximum atomic E-state index is 10.9. The first-order valence-electron chi connectivity index (χ1n) is 4.58. The number of rotatable bonds is 3. The Kier molecular flexibility index (Phi) is 6.83. The summed E-state index contributed by atoms with van der Waals surface area (Å²) in [6.07, 6.45) is 0.456. The summed E-state index contributed by atoms with van der Waals surface area (Å²) in [6, 6.07) is 9.61. The van der Waals surface area contributed by atoms with Crippen molar-refractivity contribution in [2.45, 2.75) is 20.3 Å². The van der Waals surface area contributed by atoms with E-state index in [1.54, 1.807) is 0 Å². The van der Waals surface area contributed by atoms with Gasteiger partial charge in [0.25, 0.3) is 0 Å². The number of hydrogen-bond donors (Lipinski definition) is 1. The smallest absolute Gasteiger partial charge is 0.150 e. The minimum atomic E-state index is 0.0798. The van der Waals surface area contributed by atoms with Crippen LogP contribution in [0.2, 0.25) is 0 Å². The van der Waals surface area contributed by atoms with Gasteiger partial charge in [0.05, 0.1) is 6.54 Å². The van der Waals surface area contributed by atoms with E-state index in [9.17, 15) is 4.79 Å². The Bertz CT molecular complexity index is 231. The molecule has 72 valence electrons. The van der Waals surface area contributed by atoms with E-state index in [4.69, 9.17) is 5.73 Å². The quantitative estimate of drug-likeness (QED) is 0.768. The van der Waals surface area contributed by atoms with E-state index in [2.05, 4.69) is 0 Å². The van der Waals surface area contributed by atoms with Gasteiger partial charge in [-0.15, -0.1) is 0 Å². The summed E-state index contributed by atoms with van der Waals surface area (Å²) < 4.78 is 0. The zero-order valence-corrected chi connectivity index (χ0v) is 8.29. The van der Waals surface area contributed by atoms with Gasteiger partial charge in [-0.25, -0.2) is 0 Å². The second-order valence-electron chi connectivity index (χ2n) is 2.41. The molecule has 1 aromatic rings. The van der Waals surface area contributed by atoms with E-state index in [1.165, 1.54) is 0 Å². The molecule has 0 aromatic heterocycles. The number of hydrogen-bond acceptors (Lipinski definition) is 2. The average Bonchev–Trinajstić information content (AvgIpc) is 2.22. The van der Waals surface area contributed by atoms with Crippen molar-refractivity contribution in [1.29, 1.82) is 0 Å². The third-order valence-corrected chi connectivity index (χ3v) is 1.47. The highest BCUT2D eigenvalue weighted by Gasteiger charge is 1.98. The van der Waals surface area contributed by atoms with Crippen molar-refractivity contribution in [3.63, 3.8) is 0 Å². The van der Waals surface area contributed by atoms with Crippen LogP contribution in [0.5, 0.6) is 0 Å². The van der Waals surface area contributed by atoms with Gasteiger partial charge in [0, 0.05) is 6.42 Å². The lowest BCUT2D eigenvalue weighted by molar-refractivity contribution is -0.117. The Morgan fingerprint density at radius 3 is 2.23 bits per heavy atom. The molecule has 2 heteroatoms. The molecule has 0 aliphatic rings. The number of benzene rings is 1. The van der Waals surface area contributed by atoms with E-state index in [1.807, 2.05) is 44.2 Å². The van der Waals surface area contributed by atoms with E-state index < -0.39 is 0 Å². The minimum Gasteiger partial charge on any atom is -0.324 e. The van der Waals surface area contributed by atoms with Crippen molar-refractivity contribution in [1.82, 2.24) is 0 Å². The molecule has 0 saturated carbocycles. The van der Waals surface area contributed by atoms with E-state index in [-0.39, 0.29) is 12.3 Å². The Hall–Kier alpha value is -1.15. The molecule has 0 saturated heterocycles. The molecule has 13 heavy (non-hydrogen) atoms. The van der Waals surface area contributed by atoms with Gasteiger partial charge in [0.1, 0.15) is 0 Å². The van der Waals surface area contributed by atoms with Gasteiger partial charge >= 0.3 is 0 Å². The van der Waals surface area contributed by atoms with Gasteiger partial charge in [-0.05, 0) is 5.56 Å². The molecular formula is C11H17NO. The standard InChI is InChI=1S/C9H11NO.C2H6/c10-7-9(11)6-8-4-2-1-3-5-8;1-2/h1-5H,6-7,10H2;1-2H3. The fraction of sp³-hybridized carbons (Fsp3) is 0.364. The summed E-state index contributed by atoms with van der Waals surface area (Å²) in [5, 5.41) is 0. The summed E-state index contributed by atoms with van der Waals surface area (Å²) in [5.41, 5.74) is 6.20. The van der Waals surface area contributed by atoms with Crippen LogP contribution in [0.25, 0.3) is 0 Å². The van der Waals surface area contributed by atoms with Gasteiger partial charge < -0.3 is 5.73 Å². The first kappa shape index (κ1) is 11.8. The molecule has 0 fully saturated rings. The molecule has 0 amide bonds. The van der Waals surface area contributed by atoms with Crippen LogP contribution in [-0.2, 0) is 11.2 Å². The predicted octanol–water partition coefficient (Wildman–Crippen LogP) is 1.78. The zero-order valence-electron chi connectivity index (χ0n) is 8.29. The molecule has 0 unspecified atom stereocenters. The van der Waals surface area contributed by atoms with Crippen molar-refractivity contribution in [3.8, 4) is 0 Å². The van der Waals surface area contributed by atoms with Gasteiger partial charge in [0.2, 0.25) is 0 Å². The summed E-state index contributed by atoms with van der Waals surface area (Å²) >= 11 is 0. The van der Waals surface area contributed by atoms with E-state index in [0.717, 1.165) is 5.56 Å². The molecule has 1 rings (SSSR count). The van der Waals surface area contributed by atoms with Gasteiger partial charge in [-0.2, -0.15) is 0 Å². The van der Waals surface area contributed by atoms with Crippen LogP contribution >= 0.6 is 0 Å². The summed E-state index contributed by atoms with van der Waals surface area (Å²) in [7, 11) is 0. The Morgan fingerprint density at radius 2 is 1.77 bits per heavy atom. The molecule has 0 atom stereocenters. The highest BCUT2D eigenvalue weighted by molar-refractivity contribution is 5.82. The fourth-order valence-electron chi connectivity index (χ4n) is 0.896. The summed E-state index contributed by atoms with van der Waals surface area (Å²) in [6.45, 7) is 4.13. The highest BCUT2D eigenvalue weighted by atomic mass is 16.1. The molecule has 2 N–H and O–H groups in total. The lowest BCUT2D eigenvalue weighted by Crippen LogP contribution is -2.15. The fourth-order valence-corrected chi connectivity index (χ4v) is 0.896. The molecule has 0 aliphatic heterocycles. The first-order chi connectivity index (χ1) is 6.33. The third kappa shape index (κ3) is 5.15. The van der Waals surface area contributed by atoms with E-state index in [0.29, 0.717) is 6.42 Å². The Labute approximate surface area is 79.8 Å². The topological polar surface area (TPSA) is 43.1 Å². The van der Waals surface area contributed by atoms with Crippen molar-refractivity contribution < 1.29 is 4.79 Å². The molecule has 0 spiro atoms. The van der Waals surface area contributed by atoms with Gasteiger partial charge in [-0.3, -0.25) is 4.79 Å². The van der Waals surface area contributed by atoms with Crippen LogP contribution in [0.4, 0.5) is 0 Å². The predicted molar refractivity (Wildman–Crippen MR) is 55.6 cm³/mol. The van der Waals surface area contributed by atoms with Crippen LogP contribution in [0, 0.1) is 0 Å². The average molecular weight is 179 g/mol. The van der Waals surface area contributed by atoms with Gasteiger partial charge in [-0.1, -0.05) is 44.2 Å². The second kappa shape index (κ2) is 7.50. The van der Waals surface area contributed by atoms with Crippen molar-refractivity contribution >= 4 is 5.78 Å². The normalized spacial score (nSPS) is 8.54. The molecular weight excluding hydrogens is 162 g/mol. The third-order valence-electron chi connectivity index (χ3n) is 1.47. The highest BCUT2D eigenvalue weighted by Crippen LogP contribution is 1.98. The number of carbonyl (C=O) groups is 1. The summed E-state index contributed by atoms with van der Waals surface area (Å²) in [4.78, 5) is 10.9. The molecule has 0 heterocycles. The van der Waals surface area contributed by atoms with Crippen LogP contribution in [0.1, 0.15) is 19.4 Å². The molecule has 0 bridgehead atoms. The minimum absolute atomic E-state index is 0.0798. The van der Waals surface area contributed by atoms with Crippen molar-refractivity contribution in [2.24, 2.45) is 5.73 Å². The van der Waals surface area contributed by atoms with Crippen molar-refractivity contribution in [3.05, 3.63) is 35.9 Å². The molecule has 2 nitrogen and oxygen atoms in total. The van der Waals surface area contributed by atoms with Crippen LogP contribution in [0.15, 0.2) is 30.3 Å². The summed E-state index contributed by atoms with van der Waals surface area (Å²) in [5.74, 6) is 0.0798. The maximum absolute atomic E-state index is 10.9. The maximum Gasteiger partial charge on any atom is 0.150 e. The number of Topliss-reactive ketones (excluding diaryl/α,β-unsaturated/α-hetero) is 1. The first-order valence-corrected chi connectivity index (χ1v) is 4.58. The lowest BCUT2D eigenvalue weighted by atomic mass is 10.1. The van der Waals surface area contributed by atoms with Gasteiger partial charge in [0.15, 0.2) is 5.78 Å². The van der Waals surface area contributed by atoms with E-state index >= 15 is 0 Å². The molecule has 0 aliphatic carbocycles. The lowest BCUT2D eigenvalue weighted by Gasteiger charge is -1.96. The SMILES string of the molecule is CC.NCC(=O)Cc1ccccc1. The molecule has 0 radical (unpaired) electrons.